The molecule has 0 bridgehead atoms. The van der Waals surface area contributed by atoms with Gasteiger partial charge in [-0.15, -0.1) is 0 Å². The van der Waals surface area contributed by atoms with Crippen LogP contribution in [0.25, 0.3) is 0 Å². The van der Waals surface area contributed by atoms with Crippen molar-refractivity contribution in [3.8, 4) is 0 Å². The summed E-state index contributed by atoms with van der Waals surface area (Å²) in [4.78, 5) is 13.1. The molecule has 1 fully saturated rings. The van der Waals surface area contributed by atoms with Crippen LogP contribution in [-0.2, 0) is 9.53 Å². The fourth-order valence-electron chi connectivity index (χ4n) is 2.48. The number of carboxylic acid groups (broad SMARTS) is 1. The van der Waals surface area contributed by atoms with Crippen LogP contribution in [0.15, 0.2) is 30.3 Å². The third-order valence-electron chi connectivity index (χ3n) is 3.46. The van der Waals surface area contributed by atoms with Gasteiger partial charge < -0.3 is 9.84 Å². The zero-order chi connectivity index (χ0) is 13.0. The highest BCUT2D eigenvalue weighted by molar-refractivity contribution is 5.67. The average molecular weight is 249 g/mol. The van der Waals surface area contributed by atoms with E-state index in [4.69, 9.17) is 9.84 Å². The first-order chi connectivity index (χ1) is 8.68. The van der Waals surface area contributed by atoms with Crippen molar-refractivity contribution in [1.82, 2.24) is 4.90 Å². The Hall–Kier alpha value is -1.39. The summed E-state index contributed by atoms with van der Waals surface area (Å²) in [6.45, 7) is 4.08. The van der Waals surface area contributed by atoms with Gasteiger partial charge in [-0.2, -0.15) is 0 Å². The highest BCUT2D eigenvalue weighted by Crippen LogP contribution is 2.25. The number of aliphatic carboxylic acids is 1. The summed E-state index contributed by atoms with van der Waals surface area (Å²) in [7, 11) is 0. The molecule has 0 radical (unpaired) electrons. The molecule has 1 aliphatic heterocycles. The maximum Gasteiger partial charge on any atom is 0.305 e. The van der Waals surface area contributed by atoms with Gasteiger partial charge in [-0.3, -0.25) is 9.69 Å². The fourth-order valence-corrected chi connectivity index (χ4v) is 2.48. The first kappa shape index (κ1) is 13.1. The standard InChI is InChI=1S/C14H19NO3/c1-11(12-5-3-2-4-6-12)15-7-8-18-10-13(15)9-14(16)17/h2-6,11,13H,7-10H2,1H3,(H,16,17). The minimum absolute atomic E-state index is 0.0357. The largest absolute Gasteiger partial charge is 0.481 e. The molecule has 2 atom stereocenters. The lowest BCUT2D eigenvalue weighted by atomic mass is 10.0. The molecular weight excluding hydrogens is 230 g/mol. The van der Waals surface area contributed by atoms with Crippen LogP contribution >= 0.6 is 0 Å². The number of rotatable bonds is 4. The first-order valence-electron chi connectivity index (χ1n) is 6.28. The van der Waals surface area contributed by atoms with Crippen molar-refractivity contribution in [2.45, 2.75) is 25.4 Å². The van der Waals surface area contributed by atoms with Gasteiger partial charge in [0.1, 0.15) is 0 Å². The second-order valence-corrected chi connectivity index (χ2v) is 4.65. The minimum Gasteiger partial charge on any atom is -0.481 e. The van der Waals surface area contributed by atoms with Crippen LogP contribution in [0.5, 0.6) is 0 Å². The molecule has 1 aliphatic rings. The molecule has 18 heavy (non-hydrogen) atoms. The van der Waals surface area contributed by atoms with Gasteiger partial charge in [0, 0.05) is 18.6 Å². The van der Waals surface area contributed by atoms with E-state index >= 15 is 0 Å². The number of ether oxygens (including phenoxy) is 1. The van der Waals surface area contributed by atoms with E-state index in [2.05, 4.69) is 24.0 Å². The zero-order valence-corrected chi connectivity index (χ0v) is 10.6. The number of nitrogens with zero attached hydrogens (tertiary/aromatic N) is 1. The van der Waals surface area contributed by atoms with E-state index in [9.17, 15) is 4.79 Å². The normalized spacial score (nSPS) is 22.6. The molecule has 0 spiro atoms. The second-order valence-electron chi connectivity index (χ2n) is 4.65. The van der Waals surface area contributed by atoms with Gasteiger partial charge in [0.05, 0.1) is 19.6 Å². The van der Waals surface area contributed by atoms with Crippen LogP contribution in [0.4, 0.5) is 0 Å². The molecule has 0 aliphatic carbocycles. The number of hydrogen-bond donors (Lipinski definition) is 1. The molecule has 4 nitrogen and oxygen atoms in total. The van der Waals surface area contributed by atoms with E-state index in [1.807, 2.05) is 18.2 Å². The molecule has 0 amide bonds. The fraction of sp³-hybridized carbons (Fsp3) is 0.500. The predicted octanol–water partition coefficient (Wildman–Crippen LogP) is 1.92. The van der Waals surface area contributed by atoms with Gasteiger partial charge in [-0.05, 0) is 12.5 Å². The van der Waals surface area contributed by atoms with E-state index in [0.29, 0.717) is 13.2 Å². The maximum absolute atomic E-state index is 10.9. The highest BCUT2D eigenvalue weighted by Gasteiger charge is 2.29. The number of morpholine rings is 1. The van der Waals surface area contributed by atoms with Crippen molar-refractivity contribution in [2.24, 2.45) is 0 Å². The molecule has 2 rings (SSSR count). The van der Waals surface area contributed by atoms with Gasteiger partial charge in [0.15, 0.2) is 0 Å². The molecule has 1 N–H and O–H groups in total. The number of carbonyl (C=O) groups is 1. The summed E-state index contributed by atoms with van der Waals surface area (Å²) in [5.74, 6) is -0.768. The molecule has 98 valence electrons. The van der Waals surface area contributed by atoms with E-state index in [1.165, 1.54) is 5.56 Å². The number of carboxylic acids is 1. The summed E-state index contributed by atoms with van der Waals surface area (Å²) < 4.78 is 5.39. The molecular formula is C14H19NO3. The third-order valence-corrected chi connectivity index (χ3v) is 3.46. The Kier molecular flexibility index (Phi) is 4.33. The molecule has 0 aromatic heterocycles. The van der Waals surface area contributed by atoms with Crippen molar-refractivity contribution in [2.75, 3.05) is 19.8 Å². The van der Waals surface area contributed by atoms with E-state index in [0.717, 1.165) is 6.54 Å². The third kappa shape index (κ3) is 3.09. The van der Waals surface area contributed by atoms with E-state index in [-0.39, 0.29) is 18.5 Å². The molecule has 1 aromatic rings. The highest BCUT2D eigenvalue weighted by atomic mass is 16.5. The quantitative estimate of drug-likeness (QED) is 0.885. The molecule has 4 heteroatoms. The van der Waals surface area contributed by atoms with Gasteiger partial charge in [0.2, 0.25) is 0 Å². The molecule has 1 aromatic carbocycles. The van der Waals surface area contributed by atoms with Crippen LogP contribution < -0.4 is 0 Å². The number of benzene rings is 1. The van der Waals surface area contributed by atoms with Crippen LogP contribution in [0.2, 0.25) is 0 Å². The van der Waals surface area contributed by atoms with Crippen molar-refractivity contribution < 1.29 is 14.6 Å². The van der Waals surface area contributed by atoms with Crippen LogP contribution in [0.1, 0.15) is 24.9 Å². The van der Waals surface area contributed by atoms with Crippen LogP contribution in [0, 0.1) is 0 Å². The lowest BCUT2D eigenvalue weighted by Crippen LogP contribution is -2.47. The zero-order valence-electron chi connectivity index (χ0n) is 10.6. The summed E-state index contributed by atoms with van der Waals surface area (Å²) >= 11 is 0. The van der Waals surface area contributed by atoms with Gasteiger partial charge in [-0.1, -0.05) is 30.3 Å². The lowest BCUT2D eigenvalue weighted by molar-refractivity contribution is -0.140. The summed E-state index contributed by atoms with van der Waals surface area (Å²) in [6, 6.07) is 10.4. The van der Waals surface area contributed by atoms with Crippen LogP contribution in [-0.4, -0.2) is 41.8 Å². The lowest BCUT2D eigenvalue weighted by Gasteiger charge is -2.39. The minimum atomic E-state index is -0.768. The molecule has 0 saturated carbocycles. The van der Waals surface area contributed by atoms with E-state index in [1.54, 1.807) is 0 Å². The topological polar surface area (TPSA) is 49.8 Å². The van der Waals surface area contributed by atoms with E-state index < -0.39 is 5.97 Å². The SMILES string of the molecule is CC(c1ccccc1)N1CCOCC1CC(=O)O. The molecule has 1 saturated heterocycles. The van der Waals surface area contributed by atoms with Crippen molar-refractivity contribution in [3.63, 3.8) is 0 Å². The predicted molar refractivity (Wildman–Crippen MR) is 68.4 cm³/mol. The van der Waals surface area contributed by atoms with Crippen molar-refractivity contribution >= 4 is 5.97 Å². The Labute approximate surface area is 107 Å². The monoisotopic (exact) mass is 249 g/mol. The van der Waals surface area contributed by atoms with Gasteiger partial charge in [-0.25, -0.2) is 0 Å². The smallest absolute Gasteiger partial charge is 0.305 e. The Morgan fingerprint density at radius 3 is 2.89 bits per heavy atom. The van der Waals surface area contributed by atoms with Crippen molar-refractivity contribution in [1.29, 1.82) is 0 Å². The molecule has 1 heterocycles. The Bertz CT molecular complexity index is 393. The van der Waals surface area contributed by atoms with Crippen LogP contribution in [0.3, 0.4) is 0 Å². The Balaban J connectivity index is 2.11. The maximum atomic E-state index is 10.9. The van der Waals surface area contributed by atoms with Gasteiger partial charge >= 0.3 is 5.97 Å². The van der Waals surface area contributed by atoms with Crippen molar-refractivity contribution in [3.05, 3.63) is 35.9 Å². The summed E-state index contributed by atoms with van der Waals surface area (Å²) in [5.41, 5.74) is 1.22. The first-order valence-corrected chi connectivity index (χ1v) is 6.28. The van der Waals surface area contributed by atoms with Gasteiger partial charge in [0.25, 0.3) is 0 Å². The summed E-state index contributed by atoms with van der Waals surface area (Å²) in [5, 5.41) is 8.95. The molecule has 2 unspecified atom stereocenters. The Morgan fingerprint density at radius 2 is 2.22 bits per heavy atom. The number of hydrogen-bond acceptors (Lipinski definition) is 3. The average Bonchev–Trinajstić information content (AvgIpc) is 2.39. The second kappa shape index (κ2) is 5.98. The summed E-state index contributed by atoms with van der Waals surface area (Å²) in [6.07, 6.45) is 0.136. The Morgan fingerprint density at radius 1 is 1.50 bits per heavy atom.